The molecule has 2 aliphatic rings. The van der Waals surface area contributed by atoms with Gasteiger partial charge in [0.05, 0.1) is 29.4 Å². The summed E-state index contributed by atoms with van der Waals surface area (Å²) in [5, 5.41) is 18.1. The summed E-state index contributed by atoms with van der Waals surface area (Å²) in [7, 11) is 0. The number of imide groups is 1. The Hall–Kier alpha value is -4.43. The number of hydrogen-bond donors (Lipinski definition) is 3. The SMILES string of the molecule is Cl.NCCNCCNC(=O)c1cc(C(=O)N2CCOCC2)cc(N2C(=O)c3cccc4cc([N+](=O)[O-])cc(c34)C2=O)c1. The van der Waals surface area contributed by atoms with Gasteiger partial charge in [0.15, 0.2) is 0 Å². The number of nitro groups is 1. The Morgan fingerprint density at radius 3 is 2.38 bits per heavy atom. The van der Waals surface area contributed by atoms with Gasteiger partial charge in [-0.2, -0.15) is 0 Å². The minimum atomic E-state index is -0.796. The van der Waals surface area contributed by atoms with Crippen molar-refractivity contribution in [3.05, 3.63) is 80.9 Å². The van der Waals surface area contributed by atoms with Crippen LogP contribution in [0.2, 0.25) is 0 Å². The average molecular weight is 597 g/mol. The molecule has 0 bridgehead atoms. The average Bonchev–Trinajstić information content (AvgIpc) is 2.99. The first kappa shape index (κ1) is 30.5. The van der Waals surface area contributed by atoms with E-state index in [1.54, 1.807) is 17.0 Å². The van der Waals surface area contributed by atoms with E-state index in [1.807, 2.05) is 0 Å². The summed E-state index contributed by atoms with van der Waals surface area (Å²) in [5.41, 5.74) is 5.50. The van der Waals surface area contributed by atoms with Crippen LogP contribution in [0.5, 0.6) is 0 Å². The van der Waals surface area contributed by atoms with E-state index in [1.165, 1.54) is 30.3 Å². The third-order valence-electron chi connectivity index (χ3n) is 6.93. The predicted molar refractivity (Wildman–Crippen MR) is 156 cm³/mol. The van der Waals surface area contributed by atoms with Crippen LogP contribution in [0.25, 0.3) is 10.8 Å². The molecule has 1 fully saturated rings. The van der Waals surface area contributed by atoms with Crippen LogP contribution in [0.4, 0.5) is 11.4 Å². The number of halogens is 1. The summed E-state index contributed by atoms with van der Waals surface area (Å²) in [6.45, 7) is 3.17. The highest BCUT2D eigenvalue weighted by molar-refractivity contribution is 6.36. The van der Waals surface area contributed by atoms with Crippen molar-refractivity contribution in [3.63, 3.8) is 0 Å². The van der Waals surface area contributed by atoms with Crippen molar-refractivity contribution >= 4 is 58.2 Å². The number of rotatable bonds is 9. The molecule has 4 amide bonds. The van der Waals surface area contributed by atoms with E-state index in [2.05, 4.69) is 10.6 Å². The second kappa shape index (κ2) is 13.0. The van der Waals surface area contributed by atoms with Crippen LogP contribution < -0.4 is 21.3 Å². The summed E-state index contributed by atoms with van der Waals surface area (Å²) in [6, 6.07) is 11.3. The van der Waals surface area contributed by atoms with Crippen molar-refractivity contribution in [2.45, 2.75) is 0 Å². The van der Waals surface area contributed by atoms with Gasteiger partial charge in [0.1, 0.15) is 0 Å². The van der Waals surface area contributed by atoms with Crippen LogP contribution in [0, 0.1) is 10.1 Å². The topological polar surface area (TPSA) is 177 Å². The van der Waals surface area contributed by atoms with Gasteiger partial charge in [-0.3, -0.25) is 29.3 Å². The van der Waals surface area contributed by atoms with Gasteiger partial charge in [-0.05, 0) is 29.7 Å². The fourth-order valence-corrected chi connectivity index (χ4v) is 4.97. The summed E-state index contributed by atoms with van der Waals surface area (Å²) < 4.78 is 5.34. The minimum absolute atomic E-state index is 0. The molecule has 2 aliphatic heterocycles. The number of carbonyl (C=O) groups excluding carboxylic acids is 4. The Balaban J connectivity index is 0.00000405. The molecular weight excluding hydrogens is 568 g/mol. The van der Waals surface area contributed by atoms with Gasteiger partial charge in [-0.25, -0.2) is 4.90 Å². The highest BCUT2D eigenvalue weighted by Crippen LogP contribution is 2.36. The fraction of sp³-hybridized carbons (Fsp3) is 0.286. The van der Waals surface area contributed by atoms with E-state index < -0.39 is 22.6 Å². The lowest BCUT2D eigenvalue weighted by molar-refractivity contribution is -0.384. The molecule has 3 aromatic rings. The Kier molecular flexibility index (Phi) is 9.48. The van der Waals surface area contributed by atoms with Gasteiger partial charge >= 0.3 is 0 Å². The zero-order valence-electron chi connectivity index (χ0n) is 22.5. The van der Waals surface area contributed by atoms with Crippen LogP contribution in [-0.2, 0) is 4.74 Å². The molecule has 14 heteroatoms. The molecule has 0 spiro atoms. The molecule has 42 heavy (non-hydrogen) atoms. The molecule has 5 rings (SSSR count). The molecule has 2 heterocycles. The predicted octanol–water partition coefficient (Wildman–Crippen LogP) is 1.72. The monoisotopic (exact) mass is 596 g/mol. The maximum absolute atomic E-state index is 13.8. The number of nitrogens with zero attached hydrogens (tertiary/aromatic N) is 3. The van der Waals surface area contributed by atoms with Crippen molar-refractivity contribution in [1.29, 1.82) is 0 Å². The molecule has 1 saturated heterocycles. The zero-order chi connectivity index (χ0) is 29.1. The quantitative estimate of drug-likeness (QED) is 0.144. The summed E-state index contributed by atoms with van der Waals surface area (Å²) in [6.07, 6.45) is 0. The van der Waals surface area contributed by atoms with Gasteiger partial charge in [-0.15, -0.1) is 12.4 Å². The zero-order valence-corrected chi connectivity index (χ0v) is 23.3. The standard InChI is InChI=1S/C28H28N6O7.ClH/c29-4-5-30-6-7-31-25(35)18-12-19(26(36)32-8-10-41-11-9-32)15-20(14-18)33-27(37)22-3-1-2-17-13-21(34(39)40)16-23(24(17)22)28(33)38;/h1-3,12-16,30H,4-11,29H2,(H,31,35);1H. The third kappa shape index (κ3) is 5.94. The van der Waals surface area contributed by atoms with Crippen molar-refractivity contribution in [3.8, 4) is 0 Å². The van der Waals surface area contributed by atoms with Crippen molar-refractivity contribution < 1.29 is 28.8 Å². The van der Waals surface area contributed by atoms with Crippen molar-refractivity contribution in [2.75, 3.05) is 57.4 Å². The Morgan fingerprint density at radius 2 is 1.67 bits per heavy atom. The number of nitro benzene ring substituents is 1. The molecular formula is C28H29ClN6O7. The molecule has 3 aromatic carbocycles. The first-order valence-corrected chi connectivity index (χ1v) is 13.1. The molecule has 4 N–H and O–H groups in total. The molecule has 13 nitrogen and oxygen atoms in total. The number of nitrogens with one attached hydrogen (secondary N) is 2. The fourth-order valence-electron chi connectivity index (χ4n) is 4.97. The first-order valence-electron chi connectivity index (χ1n) is 13.1. The second-order valence-corrected chi connectivity index (χ2v) is 9.57. The lowest BCUT2D eigenvalue weighted by Crippen LogP contribution is -2.42. The van der Waals surface area contributed by atoms with Gasteiger partial charge in [0, 0.05) is 73.5 Å². The van der Waals surface area contributed by atoms with Gasteiger partial charge in [0.2, 0.25) is 0 Å². The maximum atomic E-state index is 13.8. The van der Waals surface area contributed by atoms with Crippen LogP contribution in [-0.4, -0.2) is 85.9 Å². The number of ether oxygens (including phenoxy) is 1. The van der Waals surface area contributed by atoms with E-state index in [4.69, 9.17) is 10.5 Å². The Bertz CT molecular complexity index is 1570. The number of hydrogen-bond acceptors (Lipinski definition) is 9. The van der Waals surface area contributed by atoms with Crippen LogP contribution >= 0.6 is 12.4 Å². The normalized spacial score (nSPS) is 14.5. The number of carbonyl (C=O) groups is 4. The number of benzene rings is 3. The van der Waals surface area contributed by atoms with E-state index in [0.29, 0.717) is 56.7 Å². The van der Waals surface area contributed by atoms with Gasteiger partial charge < -0.3 is 26.0 Å². The summed E-state index contributed by atoms with van der Waals surface area (Å²) in [4.78, 5) is 67.4. The van der Waals surface area contributed by atoms with Crippen LogP contribution in [0.3, 0.4) is 0 Å². The van der Waals surface area contributed by atoms with Crippen LogP contribution in [0.1, 0.15) is 41.4 Å². The minimum Gasteiger partial charge on any atom is -0.378 e. The second-order valence-electron chi connectivity index (χ2n) is 9.57. The lowest BCUT2D eigenvalue weighted by atomic mass is 9.92. The largest absolute Gasteiger partial charge is 0.378 e. The lowest BCUT2D eigenvalue weighted by Gasteiger charge is -2.29. The van der Waals surface area contributed by atoms with Crippen LogP contribution in [0.15, 0.2) is 48.5 Å². The molecule has 0 aliphatic carbocycles. The maximum Gasteiger partial charge on any atom is 0.270 e. The molecule has 0 atom stereocenters. The number of nitrogens with two attached hydrogens (primary N) is 1. The molecule has 0 saturated carbocycles. The van der Waals surface area contributed by atoms with E-state index in [-0.39, 0.29) is 58.5 Å². The number of anilines is 1. The molecule has 0 unspecified atom stereocenters. The van der Waals surface area contributed by atoms with E-state index >= 15 is 0 Å². The number of morpholine rings is 1. The Labute approximate surface area is 246 Å². The van der Waals surface area contributed by atoms with E-state index in [0.717, 1.165) is 11.0 Å². The molecule has 0 radical (unpaired) electrons. The van der Waals surface area contributed by atoms with Crippen molar-refractivity contribution in [2.24, 2.45) is 5.73 Å². The summed E-state index contributed by atoms with van der Waals surface area (Å²) >= 11 is 0. The smallest absolute Gasteiger partial charge is 0.270 e. The number of amides is 4. The molecule has 0 aromatic heterocycles. The Morgan fingerprint density at radius 1 is 0.952 bits per heavy atom. The van der Waals surface area contributed by atoms with Gasteiger partial charge in [-0.1, -0.05) is 12.1 Å². The third-order valence-corrected chi connectivity index (χ3v) is 6.93. The first-order chi connectivity index (χ1) is 19.8. The molecule has 220 valence electrons. The van der Waals surface area contributed by atoms with E-state index in [9.17, 15) is 29.3 Å². The van der Waals surface area contributed by atoms with Crippen molar-refractivity contribution in [1.82, 2.24) is 15.5 Å². The highest BCUT2D eigenvalue weighted by Gasteiger charge is 2.36. The number of non-ortho nitro benzene ring substituents is 1. The van der Waals surface area contributed by atoms with Gasteiger partial charge in [0.25, 0.3) is 29.3 Å². The highest BCUT2D eigenvalue weighted by atomic mass is 35.5. The summed E-state index contributed by atoms with van der Waals surface area (Å²) in [5.74, 6) is -2.36.